The standard InChI is InChI=1S/C15H20ClNO3/c1-10-7-12(15(18)19)5-6-17(10)9-11-3-4-14(20-2)13(16)8-11/h3-4,8,10,12H,5-7,9H2,1-2H3,(H,18,19). The summed E-state index contributed by atoms with van der Waals surface area (Å²) >= 11 is 6.13. The Morgan fingerprint density at radius 2 is 2.30 bits per heavy atom. The average molecular weight is 298 g/mol. The van der Waals surface area contributed by atoms with E-state index in [1.54, 1.807) is 7.11 Å². The lowest BCUT2D eigenvalue weighted by Crippen LogP contribution is -2.42. The third-order valence-corrected chi connectivity index (χ3v) is 4.26. The van der Waals surface area contributed by atoms with Crippen molar-refractivity contribution in [1.82, 2.24) is 4.90 Å². The summed E-state index contributed by atoms with van der Waals surface area (Å²) < 4.78 is 5.14. The summed E-state index contributed by atoms with van der Waals surface area (Å²) in [5.41, 5.74) is 1.12. The molecule has 4 nitrogen and oxygen atoms in total. The van der Waals surface area contributed by atoms with E-state index in [2.05, 4.69) is 11.8 Å². The molecule has 1 N–H and O–H groups in total. The second-order valence-electron chi connectivity index (χ2n) is 5.35. The monoisotopic (exact) mass is 297 g/mol. The Bertz CT molecular complexity index is 492. The number of ether oxygens (including phenoxy) is 1. The van der Waals surface area contributed by atoms with E-state index in [0.717, 1.165) is 18.7 Å². The number of benzene rings is 1. The van der Waals surface area contributed by atoms with Crippen LogP contribution in [0, 0.1) is 5.92 Å². The Morgan fingerprint density at radius 3 is 2.85 bits per heavy atom. The summed E-state index contributed by atoms with van der Waals surface area (Å²) in [4.78, 5) is 13.3. The fourth-order valence-corrected chi connectivity index (χ4v) is 3.00. The van der Waals surface area contributed by atoms with Crippen LogP contribution in [0.2, 0.25) is 5.02 Å². The molecule has 1 saturated heterocycles. The van der Waals surface area contributed by atoms with Gasteiger partial charge in [-0.25, -0.2) is 0 Å². The normalized spacial score (nSPS) is 23.6. The summed E-state index contributed by atoms with van der Waals surface area (Å²) in [5, 5.41) is 9.69. The summed E-state index contributed by atoms with van der Waals surface area (Å²) in [6, 6.07) is 6.05. The van der Waals surface area contributed by atoms with Crippen molar-refractivity contribution in [2.24, 2.45) is 5.92 Å². The predicted octanol–water partition coefficient (Wildman–Crippen LogP) is 3.03. The fourth-order valence-electron chi connectivity index (χ4n) is 2.72. The lowest BCUT2D eigenvalue weighted by molar-refractivity contribution is -0.144. The van der Waals surface area contributed by atoms with Gasteiger partial charge in [0.05, 0.1) is 18.1 Å². The van der Waals surface area contributed by atoms with E-state index in [9.17, 15) is 4.79 Å². The number of halogens is 1. The first-order valence-electron chi connectivity index (χ1n) is 6.80. The fraction of sp³-hybridized carbons (Fsp3) is 0.533. The van der Waals surface area contributed by atoms with Gasteiger partial charge in [-0.2, -0.15) is 0 Å². The van der Waals surface area contributed by atoms with Crippen LogP contribution in [0.5, 0.6) is 5.75 Å². The number of hydrogen-bond acceptors (Lipinski definition) is 3. The van der Waals surface area contributed by atoms with Crippen molar-refractivity contribution >= 4 is 17.6 Å². The van der Waals surface area contributed by atoms with Crippen LogP contribution < -0.4 is 4.74 Å². The molecular formula is C15H20ClNO3. The highest BCUT2D eigenvalue weighted by Gasteiger charge is 2.29. The number of aliphatic carboxylic acids is 1. The zero-order valence-corrected chi connectivity index (χ0v) is 12.6. The van der Waals surface area contributed by atoms with Gasteiger partial charge in [0.2, 0.25) is 0 Å². The third kappa shape index (κ3) is 3.44. The average Bonchev–Trinajstić information content (AvgIpc) is 2.41. The van der Waals surface area contributed by atoms with Gasteiger partial charge in [-0.15, -0.1) is 0 Å². The maximum atomic E-state index is 11.0. The first kappa shape index (κ1) is 15.1. The molecule has 1 fully saturated rings. The number of hydrogen-bond donors (Lipinski definition) is 1. The molecule has 0 saturated carbocycles. The second-order valence-corrected chi connectivity index (χ2v) is 5.76. The topological polar surface area (TPSA) is 49.8 Å². The van der Waals surface area contributed by atoms with Crippen LogP contribution in [-0.4, -0.2) is 35.7 Å². The second kappa shape index (κ2) is 6.46. The van der Waals surface area contributed by atoms with Crippen LogP contribution in [0.15, 0.2) is 18.2 Å². The molecule has 1 aromatic carbocycles. The van der Waals surface area contributed by atoms with E-state index in [1.165, 1.54) is 0 Å². The van der Waals surface area contributed by atoms with Crippen LogP contribution in [0.3, 0.4) is 0 Å². The number of carbonyl (C=O) groups is 1. The molecule has 2 rings (SSSR count). The SMILES string of the molecule is COc1ccc(CN2CCC(C(=O)O)CC2C)cc1Cl. The van der Waals surface area contributed by atoms with E-state index in [1.807, 2.05) is 18.2 Å². The van der Waals surface area contributed by atoms with Crippen LogP contribution in [0.1, 0.15) is 25.3 Å². The smallest absolute Gasteiger partial charge is 0.306 e. The van der Waals surface area contributed by atoms with Gasteiger partial charge in [0.25, 0.3) is 0 Å². The molecule has 0 radical (unpaired) electrons. The molecule has 0 aliphatic carbocycles. The van der Waals surface area contributed by atoms with E-state index in [0.29, 0.717) is 23.6 Å². The zero-order chi connectivity index (χ0) is 14.7. The minimum absolute atomic E-state index is 0.208. The van der Waals surface area contributed by atoms with Crippen LogP contribution in [0.25, 0.3) is 0 Å². The molecule has 1 aliphatic heterocycles. The summed E-state index contributed by atoms with van der Waals surface area (Å²) in [6.07, 6.45) is 1.42. The maximum Gasteiger partial charge on any atom is 0.306 e. The van der Waals surface area contributed by atoms with Gasteiger partial charge in [0.15, 0.2) is 0 Å². The largest absolute Gasteiger partial charge is 0.495 e. The Morgan fingerprint density at radius 1 is 1.55 bits per heavy atom. The van der Waals surface area contributed by atoms with Crippen molar-refractivity contribution in [2.45, 2.75) is 32.4 Å². The lowest BCUT2D eigenvalue weighted by Gasteiger charge is -2.36. The Hall–Kier alpha value is -1.26. The van der Waals surface area contributed by atoms with Crippen molar-refractivity contribution in [2.75, 3.05) is 13.7 Å². The van der Waals surface area contributed by atoms with Crippen molar-refractivity contribution in [1.29, 1.82) is 0 Å². The van der Waals surface area contributed by atoms with Crippen molar-refractivity contribution < 1.29 is 14.6 Å². The predicted molar refractivity (Wildman–Crippen MR) is 78.2 cm³/mol. The van der Waals surface area contributed by atoms with E-state index >= 15 is 0 Å². The number of piperidine rings is 1. The van der Waals surface area contributed by atoms with Gasteiger partial charge in [-0.3, -0.25) is 9.69 Å². The number of likely N-dealkylation sites (tertiary alicyclic amines) is 1. The van der Waals surface area contributed by atoms with Crippen molar-refractivity contribution in [3.05, 3.63) is 28.8 Å². The molecule has 5 heteroatoms. The van der Waals surface area contributed by atoms with Gasteiger partial charge in [0.1, 0.15) is 5.75 Å². The number of carboxylic acids is 1. The molecule has 1 aromatic rings. The molecule has 20 heavy (non-hydrogen) atoms. The number of nitrogens with zero attached hydrogens (tertiary/aromatic N) is 1. The zero-order valence-electron chi connectivity index (χ0n) is 11.8. The third-order valence-electron chi connectivity index (χ3n) is 3.96. The molecule has 0 aromatic heterocycles. The lowest BCUT2D eigenvalue weighted by atomic mass is 9.91. The Balaban J connectivity index is 2.00. The summed E-state index contributed by atoms with van der Waals surface area (Å²) in [7, 11) is 1.60. The van der Waals surface area contributed by atoms with Gasteiger partial charge >= 0.3 is 5.97 Å². The van der Waals surface area contributed by atoms with Gasteiger partial charge in [0, 0.05) is 12.6 Å². The van der Waals surface area contributed by atoms with E-state index in [-0.39, 0.29) is 12.0 Å². The number of rotatable bonds is 4. The molecule has 1 heterocycles. The van der Waals surface area contributed by atoms with Gasteiger partial charge in [-0.05, 0) is 44.0 Å². The van der Waals surface area contributed by atoms with E-state index < -0.39 is 5.97 Å². The first-order chi connectivity index (χ1) is 9.51. The minimum atomic E-state index is -0.677. The van der Waals surface area contributed by atoms with E-state index in [4.69, 9.17) is 21.4 Å². The Labute approximate surface area is 124 Å². The molecule has 110 valence electrons. The van der Waals surface area contributed by atoms with Crippen molar-refractivity contribution in [3.63, 3.8) is 0 Å². The highest BCUT2D eigenvalue weighted by molar-refractivity contribution is 6.32. The summed E-state index contributed by atoms with van der Waals surface area (Å²) in [5.74, 6) is -0.210. The number of methoxy groups -OCH3 is 1. The molecule has 2 unspecified atom stereocenters. The highest BCUT2D eigenvalue weighted by Crippen LogP contribution is 2.28. The van der Waals surface area contributed by atoms with Gasteiger partial charge < -0.3 is 9.84 Å². The highest BCUT2D eigenvalue weighted by atomic mass is 35.5. The molecule has 0 bridgehead atoms. The minimum Gasteiger partial charge on any atom is -0.495 e. The van der Waals surface area contributed by atoms with Gasteiger partial charge in [-0.1, -0.05) is 17.7 Å². The summed E-state index contributed by atoms with van der Waals surface area (Å²) in [6.45, 7) is 3.68. The number of carboxylic acid groups (broad SMARTS) is 1. The molecule has 0 spiro atoms. The van der Waals surface area contributed by atoms with Crippen molar-refractivity contribution in [3.8, 4) is 5.75 Å². The van der Waals surface area contributed by atoms with Crippen LogP contribution in [0.4, 0.5) is 0 Å². The maximum absolute atomic E-state index is 11.0. The van der Waals surface area contributed by atoms with Crippen LogP contribution >= 0.6 is 11.6 Å². The van der Waals surface area contributed by atoms with Crippen LogP contribution in [-0.2, 0) is 11.3 Å². The quantitative estimate of drug-likeness (QED) is 0.928. The molecule has 0 amide bonds. The molecule has 2 atom stereocenters. The molecule has 1 aliphatic rings. The first-order valence-corrected chi connectivity index (χ1v) is 7.18. The molecular weight excluding hydrogens is 278 g/mol. The Kier molecular flexibility index (Phi) is 4.89.